The van der Waals surface area contributed by atoms with E-state index in [2.05, 4.69) is 15.5 Å². The highest BCUT2D eigenvalue weighted by Crippen LogP contribution is 2.32. The minimum Gasteiger partial charge on any atom is -0.460 e. The fraction of sp³-hybridized carbons (Fsp3) is 0.556. The van der Waals surface area contributed by atoms with E-state index in [0.717, 1.165) is 68.1 Å². The number of aromatic amines is 1. The number of H-pyrrole nitrogens is 1. The lowest BCUT2D eigenvalue weighted by Gasteiger charge is -2.32. The van der Waals surface area contributed by atoms with E-state index in [4.69, 9.17) is 4.42 Å². The second-order valence-corrected chi connectivity index (χ2v) is 6.94. The predicted molar refractivity (Wildman–Crippen MR) is 97.4 cm³/mol. The number of furan rings is 1. The number of carbonyl (C=O) groups excluding carboxylic acids is 1. The van der Waals surface area contributed by atoms with E-state index >= 15 is 0 Å². The summed E-state index contributed by atoms with van der Waals surface area (Å²) in [5.74, 6) is 2.43. The van der Waals surface area contributed by atoms with E-state index in [-0.39, 0.29) is 12.4 Å². The zero-order chi connectivity index (χ0) is 16.5. The molecule has 2 aliphatic rings. The highest BCUT2D eigenvalue weighted by molar-refractivity contribution is 5.85. The summed E-state index contributed by atoms with van der Waals surface area (Å²) < 4.78 is 5.69. The van der Waals surface area contributed by atoms with Gasteiger partial charge < -0.3 is 14.6 Å². The summed E-state index contributed by atoms with van der Waals surface area (Å²) in [5, 5.41) is 10.8. The minimum absolute atomic E-state index is 0. The Morgan fingerprint density at radius 1 is 1.32 bits per heavy atom. The van der Waals surface area contributed by atoms with Crippen LogP contribution >= 0.6 is 12.4 Å². The van der Waals surface area contributed by atoms with Gasteiger partial charge >= 0.3 is 0 Å². The van der Waals surface area contributed by atoms with Crippen molar-refractivity contribution in [2.45, 2.75) is 45.2 Å². The summed E-state index contributed by atoms with van der Waals surface area (Å²) in [7, 11) is 0. The molecule has 7 heteroatoms. The number of carbonyl (C=O) groups is 1. The average Bonchev–Trinajstić information content (AvgIpc) is 3.19. The van der Waals surface area contributed by atoms with E-state index in [0.29, 0.717) is 17.9 Å². The first-order valence-corrected chi connectivity index (χ1v) is 8.82. The molecule has 0 bridgehead atoms. The van der Waals surface area contributed by atoms with Crippen molar-refractivity contribution >= 4 is 18.3 Å². The Morgan fingerprint density at radius 2 is 2.08 bits per heavy atom. The second kappa shape index (κ2) is 7.62. The highest BCUT2D eigenvalue weighted by Gasteiger charge is 2.34. The number of likely N-dealkylation sites (tertiary alicyclic amines) is 1. The standard InChI is InChI=1S/C18H24N4O2.ClH/c1-12-2-5-16(24-12)17-14(11-20-21-17)10-19-15-6-8-22(9-7-15)18(23)13-3-4-13;/h2,5,11,13,15,19H,3-4,6-10H2,1H3,(H,20,21);1H. The van der Waals surface area contributed by atoms with Crippen molar-refractivity contribution in [1.82, 2.24) is 20.4 Å². The maximum atomic E-state index is 12.1. The number of hydrogen-bond donors (Lipinski definition) is 2. The monoisotopic (exact) mass is 364 g/mol. The number of aromatic nitrogens is 2. The molecule has 1 aliphatic carbocycles. The molecular weight excluding hydrogens is 340 g/mol. The quantitative estimate of drug-likeness (QED) is 0.855. The van der Waals surface area contributed by atoms with Gasteiger partial charge in [-0.25, -0.2) is 0 Å². The molecule has 2 aromatic heterocycles. The lowest BCUT2D eigenvalue weighted by atomic mass is 10.0. The second-order valence-electron chi connectivity index (χ2n) is 6.94. The number of nitrogens with zero attached hydrogens (tertiary/aromatic N) is 2. The van der Waals surface area contributed by atoms with Crippen LogP contribution in [0.25, 0.3) is 11.5 Å². The van der Waals surface area contributed by atoms with Crippen molar-refractivity contribution in [3.05, 3.63) is 29.7 Å². The van der Waals surface area contributed by atoms with Gasteiger partial charge in [-0.3, -0.25) is 9.89 Å². The third-order valence-electron chi connectivity index (χ3n) is 5.02. The Balaban J connectivity index is 0.00000182. The van der Waals surface area contributed by atoms with Gasteiger partial charge in [0.1, 0.15) is 11.5 Å². The lowest BCUT2D eigenvalue weighted by molar-refractivity contribution is -0.133. The Kier molecular flexibility index (Phi) is 5.49. The van der Waals surface area contributed by atoms with Gasteiger partial charge in [-0.1, -0.05) is 0 Å². The molecule has 0 aromatic carbocycles. The smallest absolute Gasteiger partial charge is 0.225 e. The Hall–Kier alpha value is -1.79. The third kappa shape index (κ3) is 4.07. The molecule has 2 fully saturated rings. The first kappa shape index (κ1) is 18.0. The Bertz CT molecular complexity index is 714. The van der Waals surface area contributed by atoms with Crippen LogP contribution in [0.3, 0.4) is 0 Å². The van der Waals surface area contributed by atoms with Crippen molar-refractivity contribution in [1.29, 1.82) is 0 Å². The molecule has 1 amide bonds. The Labute approximate surface area is 153 Å². The van der Waals surface area contributed by atoms with Gasteiger partial charge in [-0.15, -0.1) is 12.4 Å². The highest BCUT2D eigenvalue weighted by atomic mass is 35.5. The summed E-state index contributed by atoms with van der Waals surface area (Å²) in [6.07, 6.45) is 6.07. The first-order chi connectivity index (χ1) is 11.7. The molecule has 0 radical (unpaired) electrons. The molecule has 1 saturated carbocycles. The van der Waals surface area contributed by atoms with E-state index in [1.54, 1.807) is 0 Å². The van der Waals surface area contributed by atoms with Gasteiger partial charge in [0.15, 0.2) is 5.76 Å². The summed E-state index contributed by atoms with van der Waals surface area (Å²) in [5.41, 5.74) is 2.05. The number of hydrogen-bond acceptors (Lipinski definition) is 4. The van der Waals surface area contributed by atoms with Gasteiger partial charge in [0.25, 0.3) is 0 Å². The van der Waals surface area contributed by atoms with E-state index in [1.165, 1.54) is 0 Å². The molecule has 25 heavy (non-hydrogen) atoms. The topological polar surface area (TPSA) is 74.2 Å². The predicted octanol–water partition coefficient (Wildman–Crippen LogP) is 2.89. The fourth-order valence-electron chi connectivity index (χ4n) is 3.37. The third-order valence-corrected chi connectivity index (χ3v) is 5.02. The number of piperidine rings is 1. The maximum absolute atomic E-state index is 12.1. The number of rotatable bonds is 5. The van der Waals surface area contributed by atoms with Crippen LogP contribution in [-0.4, -0.2) is 40.1 Å². The fourth-order valence-corrected chi connectivity index (χ4v) is 3.37. The molecule has 2 aromatic rings. The summed E-state index contributed by atoms with van der Waals surface area (Å²) in [4.78, 5) is 14.1. The molecule has 0 unspecified atom stereocenters. The van der Waals surface area contributed by atoms with E-state index in [1.807, 2.05) is 30.2 Å². The average molecular weight is 365 g/mol. The van der Waals surface area contributed by atoms with Crippen molar-refractivity contribution in [3.8, 4) is 11.5 Å². The molecule has 136 valence electrons. The van der Waals surface area contributed by atoms with Crippen LogP contribution in [0, 0.1) is 12.8 Å². The van der Waals surface area contributed by atoms with Crippen LogP contribution in [0.5, 0.6) is 0 Å². The summed E-state index contributed by atoms with van der Waals surface area (Å²) >= 11 is 0. The minimum atomic E-state index is 0. The van der Waals surface area contributed by atoms with E-state index < -0.39 is 0 Å². The van der Waals surface area contributed by atoms with Crippen LogP contribution in [-0.2, 0) is 11.3 Å². The summed E-state index contributed by atoms with van der Waals surface area (Å²) in [6, 6.07) is 4.38. The van der Waals surface area contributed by atoms with Gasteiger partial charge in [-0.2, -0.15) is 5.10 Å². The lowest BCUT2D eigenvalue weighted by Crippen LogP contribution is -2.45. The van der Waals surface area contributed by atoms with Crippen LogP contribution < -0.4 is 5.32 Å². The number of nitrogens with one attached hydrogen (secondary N) is 2. The van der Waals surface area contributed by atoms with Gasteiger partial charge in [0, 0.05) is 37.2 Å². The van der Waals surface area contributed by atoms with Crippen LogP contribution in [0.15, 0.2) is 22.7 Å². The molecule has 0 spiro atoms. The number of halogens is 1. The maximum Gasteiger partial charge on any atom is 0.225 e. The largest absolute Gasteiger partial charge is 0.460 e. The molecule has 4 rings (SSSR count). The zero-order valence-electron chi connectivity index (χ0n) is 14.5. The van der Waals surface area contributed by atoms with Gasteiger partial charge in [-0.05, 0) is 44.7 Å². The molecule has 6 nitrogen and oxygen atoms in total. The Morgan fingerprint density at radius 3 is 2.72 bits per heavy atom. The van der Waals surface area contributed by atoms with Crippen LogP contribution in [0.1, 0.15) is 37.0 Å². The van der Waals surface area contributed by atoms with Crippen molar-refractivity contribution in [2.24, 2.45) is 5.92 Å². The molecule has 1 saturated heterocycles. The molecule has 0 atom stereocenters. The van der Waals surface area contributed by atoms with Crippen molar-refractivity contribution in [2.75, 3.05) is 13.1 Å². The van der Waals surface area contributed by atoms with Crippen LogP contribution in [0.4, 0.5) is 0 Å². The summed E-state index contributed by atoms with van der Waals surface area (Å²) in [6.45, 7) is 4.45. The molecule has 2 N–H and O–H groups in total. The molecule has 3 heterocycles. The van der Waals surface area contributed by atoms with Gasteiger partial charge in [0.2, 0.25) is 5.91 Å². The number of amides is 1. The van der Waals surface area contributed by atoms with Crippen molar-refractivity contribution in [3.63, 3.8) is 0 Å². The molecular formula is C18H25ClN4O2. The van der Waals surface area contributed by atoms with E-state index in [9.17, 15) is 4.79 Å². The SMILES string of the molecule is Cc1ccc(-c2[nH]ncc2CNC2CCN(C(=O)C3CC3)CC2)o1.Cl. The molecule has 1 aliphatic heterocycles. The zero-order valence-corrected chi connectivity index (χ0v) is 15.3. The van der Waals surface area contributed by atoms with Crippen LogP contribution in [0.2, 0.25) is 0 Å². The van der Waals surface area contributed by atoms with Crippen molar-refractivity contribution < 1.29 is 9.21 Å². The first-order valence-electron chi connectivity index (χ1n) is 8.82. The van der Waals surface area contributed by atoms with Gasteiger partial charge in [0.05, 0.1) is 6.20 Å². The number of aryl methyl sites for hydroxylation is 1. The normalized spacial score (nSPS) is 18.2.